The van der Waals surface area contributed by atoms with Crippen molar-refractivity contribution >= 4 is 74.3 Å². The van der Waals surface area contributed by atoms with Gasteiger partial charge < -0.3 is 10.6 Å². The van der Waals surface area contributed by atoms with Crippen molar-refractivity contribution in [1.82, 2.24) is 5.32 Å². The largest absolute Gasteiger partial charge is 0.367 e. The third kappa shape index (κ3) is 4.41. The maximum atomic E-state index is 11.9. The van der Waals surface area contributed by atoms with Crippen molar-refractivity contribution in [1.29, 1.82) is 0 Å². The third-order valence-corrected chi connectivity index (χ3v) is 4.58. The molecule has 3 nitrogen and oxygen atoms in total. The van der Waals surface area contributed by atoms with Crippen LogP contribution in [0.5, 0.6) is 0 Å². The number of carbonyl (C=O) groups is 1. The first kappa shape index (κ1) is 15.7. The summed E-state index contributed by atoms with van der Waals surface area (Å²) in [5.74, 6) is -0.361. The Labute approximate surface area is 144 Å². The SMILES string of the molecule is O=C(Nc1ccc(I)cc1Cl)C(=S)NCc1cccs1. The Morgan fingerprint density at radius 2 is 2.20 bits per heavy atom. The zero-order valence-electron chi connectivity index (χ0n) is 10.2. The summed E-state index contributed by atoms with van der Waals surface area (Å²) in [5, 5.41) is 8.08. The molecule has 2 N–H and O–H groups in total. The molecule has 2 aromatic rings. The van der Waals surface area contributed by atoms with Gasteiger partial charge in [0.2, 0.25) is 0 Å². The van der Waals surface area contributed by atoms with E-state index in [1.165, 1.54) is 0 Å². The monoisotopic (exact) mass is 436 g/mol. The molecule has 104 valence electrons. The lowest BCUT2D eigenvalue weighted by atomic mass is 10.3. The van der Waals surface area contributed by atoms with Gasteiger partial charge in [0.15, 0.2) is 4.99 Å². The fraction of sp³-hybridized carbons (Fsp3) is 0.0769. The summed E-state index contributed by atoms with van der Waals surface area (Å²) in [6, 6.07) is 9.33. The molecule has 0 fully saturated rings. The number of thiophene rings is 1. The van der Waals surface area contributed by atoms with E-state index < -0.39 is 0 Å². The van der Waals surface area contributed by atoms with Crippen molar-refractivity contribution in [2.45, 2.75) is 6.54 Å². The van der Waals surface area contributed by atoms with Crippen molar-refractivity contribution in [2.75, 3.05) is 5.32 Å². The molecule has 1 aromatic carbocycles. The Morgan fingerprint density at radius 1 is 1.40 bits per heavy atom. The Balaban J connectivity index is 1.92. The van der Waals surface area contributed by atoms with E-state index in [1.54, 1.807) is 23.5 Å². The summed E-state index contributed by atoms with van der Waals surface area (Å²) in [6.07, 6.45) is 0. The molecule has 0 aliphatic heterocycles. The zero-order valence-corrected chi connectivity index (χ0v) is 14.7. The Kier molecular flexibility index (Phi) is 5.76. The van der Waals surface area contributed by atoms with E-state index in [9.17, 15) is 4.79 Å². The average Bonchev–Trinajstić information content (AvgIpc) is 2.92. The van der Waals surface area contributed by atoms with Gasteiger partial charge in [0, 0.05) is 8.45 Å². The molecule has 2 rings (SSSR count). The van der Waals surface area contributed by atoms with Crippen LogP contribution >= 0.6 is 57.7 Å². The van der Waals surface area contributed by atoms with Gasteiger partial charge in [-0.05, 0) is 52.2 Å². The van der Waals surface area contributed by atoms with Crippen molar-refractivity contribution in [2.24, 2.45) is 0 Å². The highest BCUT2D eigenvalue weighted by Crippen LogP contribution is 2.23. The maximum absolute atomic E-state index is 11.9. The lowest BCUT2D eigenvalue weighted by Crippen LogP contribution is -2.33. The van der Waals surface area contributed by atoms with E-state index in [-0.39, 0.29) is 10.9 Å². The van der Waals surface area contributed by atoms with Crippen LogP contribution in [0, 0.1) is 3.57 Å². The van der Waals surface area contributed by atoms with Crippen LogP contribution in [0.2, 0.25) is 5.02 Å². The molecule has 0 spiro atoms. The van der Waals surface area contributed by atoms with Gasteiger partial charge in [-0.2, -0.15) is 0 Å². The second-order valence-corrected chi connectivity index (χ2v) is 6.93. The molecule has 1 aromatic heterocycles. The van der Waals surface area contributed by atoms with E-state index in [2.05, 4.69) is 33.2 Å². The second kappa shape index (κ2) is 7.35. The summed E-state index contributed by atoms with van der Waals surface area (Å²) in [4.78, 5) is 13.2. The highest BCUT2D eigenvalue weighted by Gasteiger charge is 2.11. The number of thiocarbonyl (C=S) groups is 1. The van der Waals surface area contributed by atoms with Crippen LogP contribution in [0.4, 0.5) is 5.69 Å². The normalized spacial score (nSPS) is 10.1. The van der Waals surface area contributed by atoms with Gasteiger partial charge >= 0.3 is 0 Å². The van der Waals surface area contributed by atoms with Crippen LogP contribution in [0.3, 0.4) is 0 Å². The Bertz CT molecular complexity index is 631. The van der Waals surface area contributed by atoms with Crippen LogP contribution < -0.4 is 10.6 Å². The molecule has 0 radical (unpaired) electrons. The van der Waals surface area contributed by atoms with Crippen LogP contribution in [0.25, 0.3) is 0 Å². The first-order valence-electron chi connectivity index (χ1n) is 5.63. The molecule has 0 bridgehead atoms. The summed E-state index contributed by atoms with van der Waals surface area (Å²) >= 11 is 14.9. The van der Waals surface area contributed by atoms with Crippen LogP contribution in [-0.4, -0.2) is 10.9 Å². The number of benzene rings is 1. The molecular weight excluding hydrogens is 427 g/mol. The first-order valence-corrected chi connectivity index (χ1v) is 8.37. The predicted octanol–water partition coefficient (Wildman–Crippen LogP) is 4.06. The predicted molar refractivity (Wildman–Crippen MR) is 96.6 cm³/mol. The average molecular weight is 437 g/mol. The second-order valence-electron chi connectivity index (χ2n) is 3.84. The maximum Gasteiger partial charge on any atom is 0.283 e. The molecule has 7 heteroatoms. The summed E-state index contributed by atoms with van der Waals surface area (Å²) in [6.45, 7) is 0.546. The van der Waals surface area contributed by atoms with Crippen molar-refractivity contribution < 1.29 is 4.79 Å². The molecule has 0 saturated heterocycles. The van der Waals surface area contributed by atoms with E-state index in [0.29, 0.717) is 17.3 Å². The van der Waals surface area contributed by atoms with Gasteiger partial charge in [-0.3, -0.25) is 4.79 Å². The molecule has 20 heavy (non-hydrogen) atoms. The fourth-order valence-corrected chi connectivity index (χ4v) is 3.10. The number of carbonyl (C=O) groups excluding carboxylic acids is 1. The summed E-state index contributed by atoms with van der Waals surface area (Å²) in [7, 11) is 0. The van der Waals surface area contributed by atoms with Gasteiger partial charge in [-0.1, -0.05) is 29.9 Å². The molecule has 1 amide bonds. The minimum atomic E-state index is -0.361. The Morgan fingerprint density at radius 3 is 2.85 bits per heavy atom. The van der Waals surface area contributed by atoms with Crippen molar-refractivity contribution in [3.63, 3.8) is 0 Å². The molecule has 0 saturated carbocycles. The molecular formula is C13H10ClIN2OS2. The Hall–Kier alpha value is -0.700. The van der Waals surface area contributed by atoms with Gasteiger partial charge in [-0.25, -0.2) is 0 Å². The minimum absolute atomic E-state index is 0.146. The van der Waals surface area contributed by atoms with Crippen LogP contribution in [0.1, 0.15) is 4.88 Å². The molecule has 0 aliphatic carbocycles. The fourth-order valence-electron chi connectivity index (χ4n) is 1.43. The van der Waals surface area contributed by atoms with Gasteiger partial charge in [0.25, 0.3) is 5.91 Å². The lowest BCUT2D eigenvalue weighted by molar-refractivity contribution is -0.110. The lowest BCUT2D eigenvalue weighted by Gasteiger charge is -2.09. The number of amides is 1. The zero-order chi connectivity index (χ0) is 14.5. The number of rotatable bonds is 3. The highest BCUT2D eigenvalue weighted by atomic mass is 127. The number of nitrogens with one attached hydrogen (secondary N) is 2. The van der Waals surface area contributed by atoms with Crippen LogP contribution in [-0.2, 0) is 11.3 Å². The van der Waals surface area contributed by atoms with Crippen molar-refractivity contribution in [3.05, 3.63) is 49.2 Å². The smallest absolute Gasteiger partial charge is 0.283 e. The van der Waals surface area contributed by atoms with E-state index in [4.69, 9.17) is 23.8 Å². The van der Waals surface area contributed by atoms with E-state index >= 15 is 0 Å². The minimum Gasteiger partial charge on any atom is -0.367 e. The molecule has 1 heterocycles. The standard InChI is InChI=1S/C13H10ClIN2OS2/c14-10-6-8(15)3-4-11(10)17-12(18)13(19)16-7-9-2-1-5-20-9/h1-6H,7H2,(H,16,19)(H,17,18). The number of hydrogen-bond donors (Lipinski definition) is 2. The van der Waals surface area contributed by atoms with E-state index in [0.717, 1.165) is 8.45 Å². The number of anilines is 1. The first-order chi connectivity index (χ1) is 9.56. The molecule has 0 atom stereocenters. The van der Waals surface area contributed by atoms with Gasteiger partial charge in [0.1, 0.15) is 0 Å². The van der Waals surface area contributed by atoms with E-state index in [1.807, 2.05) is 23.6 Å². The van der Waals surface area contributed by atoms with Gasteiger partial charge in [0.05, 0.1) is 17.3 Å². The quantitative estimate of drug-likeness (QED) is 0.563. The topological polar surface area (TPSA) is 41.1 Å². The molecule has 0 aliphatic rings. The highest BCUT2D eigenvalue weighted by molar-refractivity contribution is 14.1. The number of hydrogen-bond acceptors (Lipinski definition) is 3. The van der Waals surface area contributed by atoms with Gasteiger partial charge in [-0.15, -0.1) is 11.3 Å². The summed E-state index contributed by atoms with van der Waals surface area (Å²) in [5.41, 5.74) is 0.553. The number of halogens is 2. The van der Waals surface area contributed by atoms with Crippen molar-refractivity contribution in [3.8, 4) is 0 Å². The van der Waals surface area contributed by atoms with Crippen LogP contribution in [0.15, 0.2) is 35.7 Å². The third-order valence-electron chi connectivity index (χ3n) is 2.39. The summed E-state index contributed by atoms with van der Waals surface area (Å²) < 4.78 is 1.00. The molecule has 0 unspecified atom stereocenters.